The minimum Gasteiger partial charge on any atom is -0.383 e. The van der Waals surface area contributed by atoms with Gasteiger partial charge in [-0.2, -0.15) is 0 Å². The number of halogens is 2. The number of ether oxygens (including phenoxy) is 1. The van der Waals surface area contributed by atoms with Crippen LogP contribution in [-0.4, -0.2) is 29.3 Å². The first-order chi connectivity index (χ1) is 9.11. The number of aromatic nitrogens is 2. The number of benzene rings is 1. The van der Waals surface area contributed by atoms with E-state index in [1.807, 2.05) is 35.9 Å². The van der Waals surface area contributed by atoms with Gasteiger partial charge in [0.05, 0.1) is 11.6 Å². The van der Waals surface area contributed by atoms with E-state index in [0.717, 1.165) is 16.1 Å². The summed E-state index contributed by atoms with van der Waals surface area (Å²) in [5.41, 5.74) is 0.987. The molecule has 2 rings (SSSR count). The van der Waals surface area contributed by atoms with Crippen molar-refractivity contribution in [3.63, 3.8) is 0 Å². The van der Waals surface area contributed by atoms with Crippen LogP contribution < -0.4 is 5.32 Å². The van der Waals surface area contributed by atoms with Crippen LogP contribution in [0.15, 0.2) is 35.1 Å². The molecular formula is C13H15BrClN3O. The first kappa shape index (κ1) is 14.4. The molecule has 102 valence electrons. The smallest absolute Gasteiger partial charge is 0.207 e. The van der Waals surface area contributed by atoms with Crippen molar-refractivity contribution in [2.75, 3.05) is 19.0 Å². The van der Waals surface area contributed by atoms with Gasteiger partial charge >= 0.3 is 0 Å². The Kier molecular flexibility index (Phi) is 4.85. The number of methoxy groups -OCH3 is 1. The molecule has 0 aliphatic heterocycles. The molecule has 0 bridgehead atoms. The predicted molar refractivity (Wildman–Crippen MR) is 81.2 cm³/mol. The number of hydrogen-bond acceptors (Lipinski definition) is 3. The Morgan fingerprint density at radius 2 is 2.32 bits per heavy atom. The van der Waals surface area contributed by atoms with Gasteiger partial charge in [-0.3, -0.25) is 4.57 Å². The summed E-state index contributed by atoms with van der Waals surface area (Å²) in [6.07, 6.45) is 3.65. The molecule has 0 amide bonds. The van der Waals surface area contributed by atoms with Gasteiger partial charge in [-0.1, -0.05) is 11.6 Å². The maximum atomic E-state index is 6.00. The molecular weight excluding hydrogens is 330 g/mol. The number of nitrogens with one attached hydrogen (secondary N) is 1. The fourth-order valence-corrected chi connectivity index (χ4v) is 2.25. The van der Waals surface area contributed by atoms with Crippen LogP contribution in [0.4, 0.5) is 5.95 Å². The minimum atomic E-state index is 0.182. The number of anilines is 1. The molecule has 0 aliphatic carbocycles. The van der Waals surface area contributed by atoms with E-state index in [2.05, 4.69) is 26.2 Å². The van der Waals surface area contributed by atoms with Crippen LogP contribution in [0.3, 0.4) is 0 Å². The van der Waals surface area contributed by atoms with Gasteiger partial charge in [0.1, 0.15) is 0 Å². The van der Waals surface area contributed by atoms with E-state index < -0.39 is 0 Å². The van der Waals surface area contributed by atoms with Crippen LogP contribution in [0.5, 0.6) is 0 Å². The predicted octanol–water partition coefficient (Wildman–Crippen LogP) is 3.74. The van der Waals surface area contributed by atoms with E-state index in [1.54, 1.807) is 13.3 Å². The van der Waals surface area contributed by atoms with Gasteiger partial charge in [-0.15, -0.1) is 0 Å². The zero-order valence-corrected chi connectivity index (χ0v) is 13.1. The van der Waals surface area contributed by atoms with Gasteiger partial charge in [0.2, 0.25) is 5.95 Å². The van der Waals surface area contributed by atoms with E-state index in [4.69, 9.17) is 16.3 Å². The Labute approximate surface area is 125 Å². The van der Waals surface area contributed by atoms with Gasteiger partial charge < -0.3 is 10.1 Å². The highest BCUT2D eigenvalue weighted by Crippen LogP contribution is 2.26. The Morgan fingerprint density at radius 1 is 1.53 bits per heavy atom. The average molecular weight is 345 g/mol. The quantitative estimate of drug-likeness (QED) is 0.898. The molecule has 0 fully saturated rings. The average Bonchev–Trinajstić information content (AvgIpc) is 2.81. The molecule has 0 spiro atoms. The number of nitrogens with zero attached hydrogens (tertiary/aromatic N) is 2. The van der Waals surface area contributed by atoms with Crippen LogP contribution in [0.25, 0.3) is 5.69 Å². The van der Waals surface area contributed by atoms with Crippen LogP contribution in [0.2, 0.25) is 5.02 Å². The summed E-state index contributed by atoms with van der Waals surface area (Å²) in [6.45, 7) is 2.66. The molecule has 1 aromatic carbocycles. The maximum Gasteiger partial charge on any atom is 0.207 e. The zero-order valence-electron chi connectivity index (χ0n) is 10.7. The van der Waals surface area contributed by atoms with E-state index >= 15 is 0 Å². The molecule has 1 aromatic heterocycles. The third kappa shape index (κ3) is 3.49. The number of imidazole rings is 1. The Hall–Kier alpha value is -1.04. The van der Waals surface area contributed by atoms with Crippen molar-refractivity contribution in [3.8, 4) is 5.69 Å². The minimum absolute atomic E-state index is 0.182. The second kappa shape index (κ2) is 6.41. The zero-order chi connectivity index (χ0) is 13.8. The van der Waals surface area contributed by atoms with Gasteiger partial charge in [0.25, 0.3) is 0 Å². The topological polar surface area (TPSA) is 39.1 Å². The van der Waals surface area contributed by atoms with Gasteiger partial charge in [0.15, 0.2) is 0 Å². The molecule has 0 radical (unpaired) electrons. The van der Waals surface area contributed by atoms with Crippen molar-refractivity contribution < 1.29 is 4.74 Å². The first-order valence-electron chi connectivity index (χ1n) is 5.86. The van der Waals surface area contributed by atoms with Crippen molar-refractivity contribution in [3.05, 3.63) is 40.1 Å². The van der Waals surface area contributed by atoms with Gasteiger partial charge in [-0.05, 0) is 41.1 Å². The SMILES string of the molecule is COCC(C)Nc1nccn1-c1ccc(Cl)c(Br)c1. The largest absolute Gasteiger partial charge is 0.383 e. The van der Waals surface area contributed by atoms with Crippen molar-refractivity contribution in [1.82, 2.24) is 9.55 Å². The molecule has 6 heteroatoms. The van der Waals surface area contributed by atoms with E-state index in [-0.39, 0.29) is 6.04 Å². The molecule has 2 aromatic rings. The normalized spacial score (nSPS) is 12.4. The first-order valence-corrected chi connectivity index (χ1v) is 7.03. The molecule has 0 saturated carbocycles. The molecule has 1 unspecified atom stereocenters. The van der Waals surface area contributed by atoms with Crippen molar-refractivity contribution in [1.29, 1.82) is 0 Å². The van der Waals surface area contributed by atoms with Crippen molar-refractivity contribution in [2.24, 2.45) is 0 Å². The lowest BCUT2D eigenvalue weighted by atomic mass is 10.3. The van der Waals surface area contributed by atoms with Gasteiger partial charge in [0, 0.05) is 35.7 Å². The Bertz CT molecular complexity index is 559. The standard InChI is InChI=1S/C13H15BrClN3O/c1-9(8-19-2)17-13-16-5-6-18(13)10-3-4-12(15)11(14)7-10/h3-7,9H,8H2,1-2H3,(H,16,17). The summed E-state index contributed by atoms with van der Waals surface area (Å²) < 4.78 is 7.93. The number of rotatable bonds is 5. The van der Waals surface area contributed by atoms with Crippen molar-refractivity contribution in [2.45, 2.75) is 13.0 Å². The lowest BCUT2D eigenvalue weighted by Gasteiger charge is -2.15. The third-order valence-corrected chi connectivity index (χ3v) is 3.83. The highest BCUT2D eigenvalue weighted by atomic mass is 79.9. The summed E-state index contributed by atoms with van der Waals surface area (Å²) in [5.74, 6) is 0.777. The summed E-state index contributed by atoms with van der Waals surface area (Å²) in [4.78, 5) is 4.31. The lowest BCUT2D eigenvalue weighted by Crippen LogP contribution is -2.22. The fraction of sp³-hybridized carbons (Fsp3) is 0.308. The van der Waals surface area contributed by atoms with Crippen LogP contribution >= 0.6 is 27.5 Å². The van der Waals surface area contributed by atoms with Crippen LogP contribution in [-0.2, 0) is 4.74 Å². The lowest BCUT2D eigenvalue weighted by molar-refractivity contribution is 0.190. The van der Waals surface area contributed by atoms with Gasteiger partial charge in [-0.25, -0.2) is 4.98 Å². The van der Waals surface area contributed by atoms with Crippen LogP contribution in [0, 0.1) is 0 Å². The second-order valence-corrected chi connectivity index (χ2v) is 5.48. The molecule has 4 nitrogen and oxygen atoms in total. The Morgan fingerprint density at radius 3 is 3.00 bits per heavy atom. The third-order valence-electron chi connectivity index (χ3n) is 2.61. The van der Waals surface area contributed by atoms with Crippen molar-refractivity contribution >= 4 is 33.5 Å². The summed E-state index contributed by atoms with van der Waals surface area (Å²) in [5, 5.41) is 3.99. The molecule has 0 aliphatic rings. The molecule has 1 heterocycles. The summed E-state index contributed by atoms with van der Waals surface area (Å²) >= 11 is 9.43. The maximum absolute atomic E-state index is 6.00. The molecule has 0 saturated heterocycles. The summed E-state index contributed by atoms with van der Waals surface area (Å²) in [7, 11) is 1.68. The highest BCUT2D eigenvalue weighted by Gasteiger charge is 2.09. The van der Waals surface area contributed by atoms with Crippen LogP contribution in [0.1, 0.15) is 6.92 Å². The second-order valence-electron chi connectivity index (χ2n) is 4.22. The molecule has 19 heavy (non-hydrogen) atoms. The fourth-order valence-electron chi connectivity index (χ4n) is 1.77. The molecule has 1 atom stereocenters. The molecule has 1 N–H and O–H groups in total. The highest BCUT2D eigenvalue weighted by molar-refractivity contribution is 9.10. The van der Waals surface area contributed by atoms with E-state index in [0.29, 0.717) is 11.6 Å². The summed E-state index contributed by atoms with van der Waals surface area (Å²) in [6, 6.07) is 5.93. The Balaban J connectivity index is 2.25. The monoisotopic (exact) mass is 343 g/mol. The number of hydrogen-bond donors (Lipinski definition) is 1. The van der Waals surface area contributed by atoms with E-state index in [1.165, 1.54) is 0 Å². The van der Waals surface area contributed by atoms with E-state index in [9.17, 15) is 0 Å².